The van der Waals surface area contributed by atoms with E-state index in [9.17, 15) is 4.79 Å². The summed E-state index contributed by atoms with van der Waals surface area (Å²) in [5.74, 6) is 0.444. The zero-order chi connectivity index (χ0) is 9.68. The van der Waals surface area contributed by atoms with Crippen LogP contribution in [0.3, 0.4) is 0 Å². The summed E-state index contributed by atoms with van der Waals surface area (Å²) in [6, 6.07) is 0. The first kappa shape index (κ1) is 10.1. The Hall–Kier alpha value is -0.970. The van der Waals surface area contributed by atoms with Gasteiger partial charge in [-0.1, -0.05) is 31.6 Å². The van der Waals surface area contributed by atoms with Gasteiger partial charge in [0.05, 0.1) is 0 Å². The van der Waals surface area contributed by atoms with Crippen molar-refractivity contribution >= 4 is 22.4 Å². The molecule has 0 fully saturated rings. The monoisotopic (exact) mass is 199 g/mol. The van der Waals surface area contributed by atoms with Crippen LogP contribution in [0.15, 0.2) is 5.51 Å². The molecule has 0 aliphatic rings. The van der Waals surface area contributed by atoms with E-state index in [1.54, 1.807) is 5.51 Å². The van der Waals surface area contributed by atoms with Gasteiger partial charge in [0.1, 0.15) is 5.51 Å². The van der Waals surface area contributed by atoms with Crippen molar-refractivity contribution in [2.45, 2.75) is 26.7 Å². The SMILES string of the molecule is CCC(C)CC(=O)Nc1nncs1. The van der Waals surface area contributed by atoms with E-state index in [2.05, 4.69) is 29.4 Å². The molecule has 1 atom stereocenters. The van der Waals surface area contributed by atoms with Gasteiger partial charge in [-0.15, -0.1) is 10.2 Å². The Kier molecular flexibility index (Phi) is 3.82. The Morgan fingerprint density at radius 3 is 3.08 bits per heavy atom. The predicted molar refractivity (Wildman–Crippen MR) is 52.6 cm³/mol. The largest absolute Gasteiger partial charge is 0.301 e. The molecule has 1 heterocycles. The van der Waals surface area contributed by atoms with E-state index in [1.165, 1.54) is 11.3 Å². The van der Waals surface area contributed by atoms with Crippen LogP contribution in [0.4, 0.5) is 5.13 Å². The third-order valence-corrected chi connectivity index (χ3v) is 2.44. The number of carbonyl (C=O) groups excluding carboxylic acids is 1. The molecule has 0 radical (unpaired) electrons. The van der Waals surface area contributed by atoms with Crippen LogP contribution >= 0.6 is 11.3 Å². The van der Waals surface area contributed by atoms with Gasteiger partial charge in [-0.25, -0.2) is 0 Å². The third kappa shape index (κ3) is 3.50. The van der Waals surface area contributed by atoms with Crippen LogP contribution in [0.1, 0.15) is 26.7 Å². The summed E-state index contributed by atoms with van der Waals surface area (Å²) in [6.07, 6.45) is 1.57. The lowest BCUT2D eigenvalue weighted by Crippen LogP contribution is -2.14. The highest BCUT2D eigenvalue weighted by atomic mass is 32.1. The topological polar surface area (TPSA) is 54.9 Å². The number of anilines is 1. The molecule has 1 unspecified atom stereocenters. The van der Waals surface area contributed by atoms with E-state index in [-0.39, 0.29) is 5.91 Å². The number of hydrogen-bond donors (Lipinski definition) is 1. The van der Waals surface area contributed by atoms with Gasteiger partial charge in [-0.3, -0.25) is 4.79 Å². The molecule has 1 aromatic rings. The van der Waals surface area contributed by atoms with Crippen LogP contribution in [0, 0.1) is 5.92 Å². The standard InChI is InChI=1S/C8H13N3OS/c1-3-6(2)4-7(12)10-8-11-9-5-13-8/h5-6H,3-4H2,1-2H3,(H,10,11,12). The van der Waals surface area contributed by atoms with Gasteiger partial charge in [-0.05, 0) is 5.92 Å². The Bertz CT molecular complexity index is 260. The normalized spacial score (nSPS) is 12.5. The summed E-state index contributed by atoms with van der Waals surface area (Å²) in [7, 11) is 0. The molecule has 72 valence electrons. The number of hydrogen-bond acceptors (Lipinski definition) is 4. The first-order valence-corrected chi connectivity index (χ1v) is 5.16. The van der Waals surface area contributed by atoms with Crippen LogP contribution < -0.4 is 5.32 Å². The highest BCUT2D eigenvalue weighted by molar-refractivity contribution is 7.13. The number of amides is 1. The number of aromatic nitrogens is 2. The third-order valence-electron chi connectivity index (χ3n) is 1.84. The minimum atomic E-state index is 0.0195. The van der Waals surface area contributed by atoms with Crippen molar-refractivity contribution in [3.8, 4) is 0 Å². The van der Waals surface area contributed by atoms with Crippen LogP contribution in [0.25, 0.3) is 0 Å². The highest BCUT2D eigenvalue weighted by Crippen LogP contribution is 2.11. The molecule has 0 spiro atoms. The van der Waals surface area contributed by atoms with E-state index in [1.807, 2.05) is 0 Å². The van der Waals surface area contributed by atoms with Gasteiger partial charge >= 0.3 is 0 Å². The van der Waals surface area contributed by atoms with E-state index < -0.39 is 0 Å². The molecule has 0 saturated heterocycles. The quantitative estimate of drug-likeness (QED) is 0.806. The molecule has 4 nitrogen and oxygen atoms in total. The average molecular weight is 199 g/mol. The Morgan fingerprint density at radius 1 is 1.77 bits per heavy atom. The average Bonchev–Trinajstić information content (AvgIpc) is 2.56. The van der Waals surface area contributed by atoms with Crippen LogP contribution in [-0.2, 0) is 4.79 Å². The number of rotatable bonds is 4. The molecule has 1 aromatic heterocycles. The van der Waals surface area contributed by atoms with Gasteiger partial charge in [0, 0.05) is 6.42 Å². The molecule has 0 aliphatic heterocycles. The van der Waals surface area contributed by atoms with E-state index in [0.717, 1.165) is 6.42 Å². The fourth-order valence-electron chi connectivity index (χ4n) is 0.859. The lowest BCUT2D eigenvalue weighted by molar-refractivity contribution is -0.117. The zero-order valence-corrected chi connectivity index (χ0v) is 8.60. The molecular formula is C8H13N3OS. The fraction of sp³-hybridized carbons (Fsp3) is 0.625. The summed E-state index contributed by atoms with van der Waals surface area (Å²) in [4.78, 5) is 11.3. The highest BCUT2D eigenvalue weighted by Gasteiger charge is 2.08. The molecule has 1 rings (SSSR count). The maximum Gasteiger partial charge on any atom is 0.226 e. The van der Waals surface area contributed by atoms with Gasteiger partial charge in [0.25, 0.3) is 0 Å². The van der Waals surface area contributed by atoms with Crippen LogP contribution in [-0.4, -0.2) is 16.1 Å². The molecule has 0 bridgehead atoms. The lowest BCUT2D eigenvalue weighted by atomic mass is 10.1. The maximum absolute atomic E-state index is 11.3. The molecule has 1 amide bonds. The number of nitrogens with one attached hydrogen (secondary N) is 1. The summed E-state index contributed by atoms with van der Waals surface area (Å²) < 4.78 is 0. The second kappa shape index (κ2) is 4.91. The van der Waals surface area contributed by atoms with Crippen molar-refractivity contribution < 1.29 is 4.79 Å². The van der Waals surface area contributed by atoms with Crippen molar-refractivity contribution in [1.29, 1.82) is 0 Å². The van der Waals surface area contributed by atoms with Crippen LogP contribution in [0.2, 0.25) is 0 Å². The number of carbonyl (C=O) groups is 1. The number of nitrogens with zero attached hydrogens (tertiary/aromatic N) is 2. The smallest absolute Gasteiger partial charge is 0.226 e. The van der Waals surface area contributed by atoms with Gasteiger partial charge in [0.15, 0.2) is 0 Å². The van der Waals surface area contributed by atoms with E-state index in [4.69, 9.17) is 0 Å². The molecule has 13 heavy (non-hydrogen) atoms. The Morgan fingerprint density at radius 2 is 2.54 bits per heavy atom. The van der Waals surface area contributed by atoms with E-state index >= 15 is 0 Å². The molecule has 5 heteroatoms. The summed E-state index contributed by atoms with van der Waals surface area (Å²) in [6.45, 7) is 4.13. The van der Waals surface area contributed by atoms with Crippen molar-refractivity contribution in [3.63, 3.8) is 0 Å². The van der Waals surface area contributed by atoms with Crippen LogP contribution in [0.5, 0.6) is 0 Å². The second-order valence-corrected chi connectivity index (χ2v) is 3.84. The van der Waals surface area contributed by atoms with Crippen molar-refractivity contribution in [3.05, 3.63) is 5.51 Å². The first-order chi connectivity index (χ1) is 6.22. The van der Waals surface area contributed by atoms with E-state index in [0.29, 0.717) is 17.5 Å². The summed E-state index contributed by atoms with van der Waals surface area (Å²) >= 11 is 1.33. The molecule has 1 N–H and O–H groups in total. The van der Waals surface area contributed by atoms with Gasteiger partial charge in [-0.2, -0.15) is 0 Å². The maximum atomic E-state index is 11.3. The predicted octanol–water partition coefficient (Wildman–Crippen LogP) is 1.91. The first-order valence-electron chi connectivity index (χ1n) is 4.28. The summed E-state index contributed by atoms with van der Waals surface area (Å²) in [5.41, 5.74) is 1.60. The Labute approximate surface area is 81.4 Å². The molecular weight excluding hydrogens is 186 g/mol. The Balaban J connectivity index is 2.34. The minimum absolute atomic E-state index is 0.0195. The fourth-order valence-corrected chi connectivity index (χ4v) is 1.32. The molecule has 0 aromatic carbocycles. The molecule has 0 aliphatic carbocycles. The second-order valence-electron chi connectivity index (χ2n) is 3.01. The lowest BCUT2D eigenvalue weighted by Gasteiger charge is -2.06. The minimum Gasteiger partial charge on any atom is -0.301 e. The van der Waals surface area contributed by atoms with Crippen molar-refractivity contribution in [2.24, 2.45) is 5.92 Å². The van der Waals surface area contributed by atoms with Crippen molar-refractivity contribution in [2.75, 3.05) is 5.32 Å². The summed E-state index contributed by atoms with van der Waals surface area (Å²) in [5, 5.41) is 10.6. The van der Waals surface area contributed by atoms with Crippen molar-refractivity contribution in [1.82, 2.24) is 10.2 Å². The zero-order valence-electron chi connectivity index (χ0n) is 7.78. The molecule has 0 saturated carbocycles. The van der Waals surface area contributed by atoms with Gasteiger partial charge < -0.3 is 5.32 Å². The van der Waals surface area contributed by atoms with Gasteiger partial charge in [0.2, 0.25) is 11.0 Å².